The molecule has 1 aliphatic rings. The Kier molecular flexibility index (Phi) is 3.64. The highest BCUT2D eigenvalue weighted by Gasteiger charge is 2.31. The van der Waals surface area contributed by atoms with Crippen LogP contribution in [0.5, 0.6) is 5.75 Å². The minimum Gasteiger partial charge on any atom is -0.496 e. The van der Waals surface area contributed by atoms with Crippen LogP contribution in [0.1, 0.15) is 35.2 Å². The Morgan fingerprint density at radius 3 is 3.05 bits per heavy atom. The van der Waals surface area contributed by atoms with Gasteiger partial charge < -0.3 is 10.5 Å². The van der Waals surface area contributed by atoms with E-state index < -0.39 is 0 Å². The van der Waals surface area contributed by atoms with Crippen molar-refractivity contribution in [3.63, 3.8) is 0 Å². The summed E-state index contributed by atoms with van der Waals surface area (Å²) < 4.78 is 5.41. The van der Waals surface area contributed by atoms with Gasteiger partial charge in [-0.2, -0.15) is 0 Å². The van der Waals surface area contributed by atoms with E-state index in [1.807, 2.05) is 30.5 Å². The number of aryl methyl sites for hydroxylation is 1. The van der Waals surface area contributed by atoms with E-state index in [0.29, 0.717) is 5.02 Å². The van der Waals surface area contributed by atoms with Crippen LogP contribution >= 0.6 is 11.6 Å². The molecule has 0 radical (unpaired) electrons. The third-order valence-corrected chi connectivity index (χ3v) is 4.22. The average molecular weight is 289 g/mol. The molecule has 3 rings (SSSR count). The number of nitrogens with two attached hydrogens (primary N) is 1. The number of hydrogen-bond acceptors (Lipinski definition) is 3. The molecule has 0 fully saturated rings. The second-order valence-electron chi connectivity index (χ2n) is 5.10. The van der Waals surface area contributed by atoms with Crippen LogP contribution in [0.2, 0.25) is 5.02 Å². The first-order valence-electron chi connectivity index (χ1n) is 6.73. The monoisotopic (exact) mass is 288 g/mol. The normalized spacial score (nSPS) is 18.6. The van der Waals surface area contributed by atoms with Crippen LogP contribution in [0.25, 0.3) is 0 Å². The van der Waals surface area contributed by atoms with Crippen LogP contribution in [0, 0.1) is 0 Å². The van der Waals surface area contributed by atoms with Crippen LogP contribution in [0.4, 0.5) is 0 Å². The molecule has 1 aromatic heterocycles. The molecule has 104 valence electrons. The van der Waals surface area contributed by atoms with Gasteiger partial charge in [-0.25, -0.2) is 0 Å². The van der Waals surface area contributed by atoms with E-state index in [1.165, 1.54) is 5.56 Å². The molecule has 20 heavy (non-hydrogen) atoms. The van der Waals surface area contributed by atoms with Crippen molar-refractivity contribution in [2.45, 2.75) is 24.8 Å². The van der Waals surface area contributed by atoms with Gasteiger partial charge in [-0.15, -0.1) is 0 Å². The second kappa shape index (κ2) is 5.43. The van der Waals surface area contributed by atoms with E-state index in [1.54, 1.807) is 7.11 Å². The highest BCUT2D eigenvalue weighted by Crippen LogP contribution is 2.42. The van der Waals surface area contributed by atoms with E-state index >= 15 is 0 Å². The lowest BCUT2D eigenvalue weighted by atomic mass is 9.91. The topological polar surface area (TPSA) is 48.1 Å². The summed E-state index contributed by atoms with van der Waals surface area (Å²) in [5.41, 5.74) is 9.84. The molecule has 1 heterocycles. The first-order valence-corrected chi connectivity index (χ1v) is 7.11. The summed E-state index contributed by atoms with van der Waals surface area (Å²) in [6.07, 6.45) is 3.88. The molecule has 0 aliphatic heterocycles. The largest absolute Gasteiger partial charge is 0.496 e. The minimum atomic E-state index is -0.153. The Morgan fingerprint density at radius 1 is 1.40 bits per heavy atom. The predicted molar refractivity (Wildman–Crippen MR) is 80.2 cm³/mol. The molecule has 1 aromatic carbocycles. The van der Waals surface area contributed by atoms with Crippen molar-refractivity contribution in [3.05, 3.63) is 58.4 Å². The maximum atomic E-state index is 6.48. The van der Waals surface area contributed by atoms with Gasteiger partial charge in [0.05, 0.1) is 7.11 Å². The molecule has 3 nitrogen and oxygen atoms in total. The predicted octanol–water partition coefficient (Wildman–Crippen LogP) is 3.47. The lowest BCUT2D eigenvalue weighted by Crippen LogP contribution is -2.19. The van der Waals surface area contributed by atoms with Gasteiger partial charge in [-0.1, -0.05) is 17.7 Å². The molecule has 4 heteroatoms. The van der Waals surface area contributed by atoms with Crippen molar-refractivity contribution < 1.29 is 4.74 Å². The van der Waals surface area contributed by atoms with Gasteiger partial charge in [0.2, 0.25) is 0 Å². The zero-order valence-electron chi connectivity index (χ0n) is 11.3. The van der Waals surface area contributed by atoms with Crippen LogP contribution in [-0.2, 0) is 6.42 Å². The molecule has 2 unspecified atom stereocenters. The summed E-state index contributed by atoms with van der Waals surface area (Å²) in [6.45, 7) is 0. The Morgan fingerprint density at radius 2 is 2.25 bits per heavy atom. The molecule has 0 amide bonds. The van der Waals surface area contributed by atoms with Gasteiger partial charge in [0.25, 0.3) is 0 Å². The van der Waals surface area contributed by atoms with Crippen LogP contribution in [0.3, 0.4) is 0 Å². The molecule has 2 atom stereocenters. The molecule has 1 aliphatic carbocycles. The number of pyridine rings is 1. The van der Waals surface area contributed by atoms with E-state index in [9.17, 15) is 0 Å². The Hall–Kier alpha value is -1.58. The zero-order chi connectivity index (χ0) is 14.1. The molecule has 0 saturated heterocycles. The van der Waals surface area contributed by atoms with Crippen LogP contribution in [-0.4, -0.2) is 12.1 Å². The summed E-state index contributed by atoms with van der Waals surface area (Å²) in [4.78, 5) is 4.51. The van der Waals surface area contributed by atoms with Crippen molar-refractivity contribution in [2.75, 3.05) is 7.11 Å². The van der Waals surface area contributed by atoms with Gasteiger partial charge in [0.15, 0.2) is 0 Å². The number of hydrogen-bond donors (Lipinski definition) is 1. The maximum absolute atomic E-state index is 6.48. The van der Waals surface area contributed by atoms with Crippen LogP contribution < -0.4 is 10.5 Å². The number of halogens is 1. The van der Waals surface area contributed by atoms with E-state index in [-0.39, 0.29) is 12.0 Å². The summed E-state index contributed by atoms with van der Waals surface area (Å²) in [7, 11) is 1.65. The fraction of sp³-hybridized carbons (Fsp3) is 0.312. The zero-order valence-corrected chi connectivity index (χ0v) is 12.1. The summed E-state index contributed by atoms with van der Waals surface area (Å²) >= 11 is 6.10. The highest BCUT2D eigenvalue weighted by atomic mass is 35.5. The quantitative estimate of drug-likeness (QED) is 0.941. The number of methoxy groups -OCH3 is 1. The van der Waals surface area contributed by atoms with E-state index in [4.69, 9.17) is 22.1 Å². The molecule has 0 bridgehead atoms. The SMILES string of the molecule is COc1ccc(Cl)cc1C(N)C1CCc2cccnc21. The number of nitrogens with zero attached hydrogens (tertiary/aromatic N) is 1. The Balaban J connectivity index is 1.98. The molecule has 0 saturated carbocycles. The minimum absolute atomic E-state index is 0.153. The highest BCUT2D eigenvalue weighted by molar-refractivity contribution is 6.30. The smallest absolute Gasteiger partial charge is 0.123 e. The van der Waals surface area contributed by atoms with Gasteiger partial charge in [-0.05, 0) is 42.7 Å². The van der Waals surface area contributed by atoms with Crippen molar-refractivity contribution in [3.8, 4) is 5.75 Å². The fourth-order valence-corrected chi connectivity index (χ4v) is 3.16. The van der Waals surface area contributed by atoms with Gasteiger partial charge >= 0.3 is 0 Å². The lowest BCUT2D eigenvalue weighted by molar-refractivity contribution is 0.400. The lowest BCUT2D eigenvalue weighted by Gasteiger charge is -2.22. The summed E-state index contributed by atoms with van der Waals surface area (Å²) in [6, 6.07) is 9.53. The number of ether oxygens (including phenoxy) is 1. The number of aromatic nitrogens is 1. The fourth-order valence-electron chi connectivity index (χ4n) is 2.98. The summed E-state index contributed by atoms with van der Waals surface area (Å²) in [5, 5.41) is 0.676. The molecule has 2 N–H and O–H groups in total. The first kappa shape index (κ1) is 13.4. The van der Waals surface area contributed by atoms with Crippen molar-refractivity contribution in [2.24, 2.45) is 5.73 Å². The Bertz CT molecular complexity index is 630. The van der Waals surface area contributed by atoms with Gasteiger partial charge in [0.1, 0.15) is 5.75 Å². The third-order valence-electron chi connectivity index (χ3n) is 3.99. The summed E-state index contributed by atoms with van der Waals surface area (Å²) in [5.74, 6) is 1.00. The first-order chi connectivity index (χ1) is 9.70. The second-order valence-corrected chi connectivity index (χ2v) is 5.54. The standard InChI is InChI=1S/C16H17ClN2O/c1-20-14-7-5-11(17)9-13(14)15(18)12-6-4-10-3-2-8-19-16(10)12/h2-3,5,7-9,12,15H,4,6,18H2,1H3. The van der Waals surface area contributed by atoms with Crippen molar-refractivity contribution >= 4 is 11.6 Å². The third kappa shape index (κ3) is 2.28. The molecular weight excluding hydrogens is 272 g/mol. The van der Waals surface area contributed by atoms with E-state index in [2.05, 4.69) is 11.1 Å². The molecule has 2 aromatic rings. The van der Waals surface area contributed by atoms with Gasteiger partial charge in [0, 0.05) is 34.4 Å². The van der Waals surface area contributed by atoms with Crippen molar-refractivity contribution in [1.82, 2.24) is 4.98 Å². The number of rotatable bonds is 3. The average Bonchev–Trinajstić information content (AvgIpc) is 2.90. The Labute approximate surface area is 123 Å². The number of fused-ring (bicyclic) bond motifs is 1. The van der Waals surface area contributed by atoms with E-state index in [0.717, 1.165) is 29.8 Å². The maximum Gasteiger partial charge on any atom is 0.123 e. The van der Waals surface area contributed by atoms with Crippen molar-refractivity contribution in [1.29, 1.82) is 0 Å². The number of benzene rings is 1. The van der Waals surface area contributed by atoms with Crippen LogP contribution in [0.15, 0.2) is 36.5 Å². The molecule has 0 spiro atoms. The van der Waals surface area contributed by atoms with Gasteiger partial charge in [-0.3, -0.25) is 4.98 Å². The molecular formula is C16H17ClN2O.